The first-order valence-electron chi connectivity index (χ1n) is 9.81. The van der Waals surface area contributed by atoms with Gasteiger partial charge in [0.05, 0.1) is 13.2 Å². The molecule has 2 rings (SSSR count). The Labute approximate surface area is 173 Å². The van der Waals surface area contributed by atoms with Crippen molar-refractivity contribution in [1.82, 2.24) is 5.32 Å². The smallest absolute Gasteiger partial charge is 0.251 e. The highest BCUT2D eigenvalue weighted by Crippen LogP contribution is 2.18. The number of rotatable bonds is 8. The van der Waals surface area contributed by atoms with E-state index in [-0.39, 0.29) is 23.9 Å². The molecule has 6 heteroatoms. The molecule has 0 saturated heterocycles. The van der Waals surface area contributed by atoms with Gasteiger partial charge >= 0.3 is 0 Å². The average Bonchev–Trinajstić information content (AvgIpc) is 2.64. The normalized spacial score (nSPS) is 11.1. The Morgan fingerprint density at radius 3 is 2.38 bits per heavy atom. The largest absolute Gasteiger partial charge is 0.493 e. The van der Waals surface area contributed by atoms with Crippen LogP contribution in [0.4, 0.5) is 11.4 Å². The fourth-order valence-electron chi connectivity index (χ4n) is 2.50. The van der Waals surface area contributed by atoms with Gasteiger partial charge in [0.1, 0.15) is 5.75 Å². The zero-order valence-electron chi connectivity index (χ0n) is 17.8. The van der Waals surface area contributed by atoms with Crippen LogP contribution in [0.5, 0.6) is 5.75 Å². The summed E-state index contributed by atoms with van der Waals surface area (Å²) in [6.45, 7) is 10.7. The number of ether oxygens (including phenoxy) is 1. The second-order valence-corrected chi connectivity index (χ2v) is 8.42. The molecule has 156 valence electrons. The number of benzene rings is 2. The van der Waals surface area contributed by atoms with Gasteiger partial charge in [0.2, 0.25) is 5.91 Å². The molecule has 0 radical (unpaired) electrons. The van der Waals surface area contributed by atoms with Gasteiger partial charge in [-0.1, -0.05) is 26.0 Å². The van der Waals surface area contributed by atoms with Gasteiger partial charge in [0, 0.05) is 28.5 Å². The molecule has 6 nitrogen and oxygen atoms in total. The molecule has 0 bridgehead atoms. The minimum Gasteiger partial charge on any atom is -0.493 e. The van der Waals surface area contributed by atoms with Gasteiger partial charge in [0.25, 0.3) is 5.91 Å². The summed E-state index contributed by atoms with van der Waals surface area (Å²) >= 11 is 0. The van der Waals surface area contributed by atoms with Gasteiger partial charge in [-0.05, 0) is 57.0 Å². The lowest BCUT2D eigenvalue weighted by molar-refractivity contribution is -0.114. The van der Waals surface area contributed by atoms with Crippen molar-refractivity contribution >= 4 is 23.2 Å². The van der Waals surface area contributed by atoms with Crippen molar-refractivity contribution in [2.75, 3.05) is 23.8 Å². The number of hydrogen-bond acceptors (Lipinski definition) is 4. The molecule has 0 atom stereocenters. The second kappa shape index (κ2) is 9.96. The molecule has 3 N–H and O–H groups in total. The van der Waals surface area contributed by atoms with Crippen LogP contribution in [0.2, 0.25) is 0 Å². The van der Waals surface area contributed by atoms with Crippen molar-refractivity contribution < 1.29 is 14.3 Å². The molecule has 2 aromatic rings. The minimum absolute atomic E-state index is 0.0847. The van der Waals surface area contributed by atoms with Gasteiger partial charge in [-0.2, -0.15) is 0 Å². The fourth-order valence-corrected chi connectivity index (χ4v) is 2.50. The van der Waals surface area contributed by atoms with Gasteiger partial charge in [-0.3, -0.25) is 9.59 Å². The highest BCUT2D eigenvalue weighted by Gasteiger charge is 2.15. The Balaban J connectivity index is 1.90. The lowest BCUT2D eigenvalue weighted by Gasteiger charge is -2.20. The molecule has 0 fully saturated rings. The van der Waals surface area contributed by atoms with Crippen LogP contribution in [0.15, 0.2) is 48.5 Å². The topological polar surface area (TPSA) is 79.5 Å². The summed E-state index contributed by atoms with van der Waals surface area (Å²) in [7, 11) is 0. The van der Waals surface area contributed by atoms with Crippen LogP contribution >= 0.6 is 0 Å². The predicted molar refractivity (Wildman–Crippen MR) is 118 cm³/mol. The van der Waals surface area contributed by atoms with Crippen LogP contribution in [0, 0.1) is 5.92 Å². The first kappa shape index (κ1) is 22.3. The van der Waals surface area contributed by atoms with Crippen molar-refractivity contribution in [3.05, 3.63) is 54.1 Å². The second-order valence-electron chi connectivity index (χ2n) is 8.42. The van der Waals surface area contributed by atoms with Crippen LogP contribution in [-0.4, -0.2) is 30.5 Å². The van der Waals surface area contributed by atoms with Crippen LogP contribution in [-0.2, 0) is 4.79 Å². The SMILES string of the molecule is CC(C)COc1cccc(NC(=O)CNc2cccc(C(=O)NC(C)(C)C)c2)c1. The molecule has 0 aliphatic heterocycles. The van der Waals surface area contributed by atoms with Crippen LogP contribution < -0.4 is 20.7 Å². The van der Waals surface area contributed by atoms with Gasteiger partial charge in [-0.25, -0.2) is 0 Å². The van der Waals surface area contributed by atoms with Crippen LogP contribution in [0.1, 0.15) is 45.0 Å². The zero-order valence-corrected chi connectivity index (χ0v) is 17.8. The summed E-state index contributed by atoms with van der Waals surface area (Å²) in [5.74, 6) is 0.820. The number of nitrogens with one attached hydrogen (secondary N) is 3. The average molecular weight is 398 g/mol. The number of carbonyl (C=O) groups is 2. The molecule has 0 aromatic heterocycles. The lowest BCUT2D eigenvalue weighted by atomic mass is 10.1. The molecule has 0 saturated carbocycles. The number of amides is 2. The molecule has 2 amide bonds. The Morgan fingerprint density at radius 1 is 1.00 bits per heavy atom. The van der Waals surface area contributed by atoms with E-state index < -0.39 is 0 Å². The fraction of sp³-hybridized carbons (Fsp3) is 0.391. The van der Waals surface area contributed by atoms with Crippen molar-refractivity contribution in [3.8, 4) is 5.75 Å². The van der Waals surface area contributed by atoms with Crippen LogP contribution in [0.25, 0.3) is 0 Å². The third-order valence-electron chi connectivity index (χ3n) is 3.77. The summed E-state index contributed by atoms with van der Waals surface area (Å²) in [6.07, 6.45) is 0. The number of anilines is 2. The van der Waals surface area contributed by atoms with Crippen molar-refractivity contribution in [1.29, 1.82) is 0 Å². The quantitative estimate of drug-likeness (QED) is 0.620. The Hall–Kier alpha value is -3.02. The Kier molecular flexibility index (Phi) is 7.65. The van der Waals surface area contributed by atoms with Crippen LogP contribution in [0.3, 0.4) is 0 Å². The van der Waals surface area contributed by atoms with E-state index in [0.717, 1.165) is 5.75 Å². The summed E-state index contributed by atoms with van der Waals surface area (Å²) in [4.78, 5) is 24.6. The van der Waals surface area contributed by atoms with E-state index in [1.165, 1.54) is 0 Å². The maximum atomic E-state index is 12.3. The molecular formula is C23H31N3O3. The summed E-state index contributed by atoms with van der Waals surface area (Å²) in [6, 6.07) is 14.4. The molecule has 0 aliphatic carbocycles. The maximum Gasteiger partial charge on any atom is 0.251 e. The standard InChI is InChI=1S/C23H31N3O3/c1-16(2)15-29-20-11-7-10-19(13-20)25-21(27)14-24-18-9-6-8-17(12-18)22(28)26-23(3,4)5/h6-13,16,24H,14-15H2,1-5H3,(H,25,27)(H,26,28). The summed E-state index contributed by atoms with van der Waals surface area (Å²) in [5.41, 5.74) is 1.61. The first-order valence-corrected chi connectivity index (χ1v) is 9.81. The molecule has 0 spiro atoms. The van der Waals surface area contributed by atoms with Gasteiger partial charge in [-0.15, -0.1) is 0 Å². The third-order valence-corrected chi connectivity index (χ3v) is 3.77. The van der Waals surface area contributed by atoms with Crippen molar-refractivity contribution in [2.24, 2.45) is 5.92 Å². The maximum absolute atomic E-state index is 12.3. The van der Waals surface area contributed by atoms with E-state index in [1.54, 1.807) is 24.3 Å². The molecule has 2 aromatic carbocycles. The van der Waals surface area contributed by atoms with Gasteiger partial charge in [0.15, 0.2) is 0 Å². The lowest BCUT2D eigenvalue weighted by Crippen LogP contribution is -2.40. The highest BCUT2D eigenvalue weighted by atomic mass is 16.5. The number of carbonyl (C=O) groups excluding carboxylic acids is 2. The molecule has 0 unspecified atom stereocenters. The summed E-state index contributed by atoms with van der Waals surface area (Å²) < 4.78 is 5.68. The van der Waals surface area contributed by atoms with Crippen molar-refractivity contribution in [3.63, 3.8) is 0 Å². The third kappa shape index (κ3) is 8.25. The van der Waals surface area contributed by atoms with E-state index in [0.29, 0.717) is 29.5 Å². The zero-order chi connectivity index (χ0) is 21.4. The molecule has 0 heterocycles. The van der Waals surface area contributed by atoms with E-state index >= 15 is 0 Å². The van der Waals surface area contributed by atoms with Crippen molar-refractivity contribution in [2.45, 2.75) is 40.2 Å². The van der Waals surface area contributed by atoms with E-state index in [2.05, 4.69) is 29.8 Å². The minimum atomic E-state index is -0.312. The Morgan fingerprint density at radius 2 is 1.69 bits per heavy atom. The Bertz CT molecular complexity index is 841. The first-order chi connectivity index (χ1) is 13.6. The predicted octanol–water partition coefficient (Wildman–Crippen LogP) is 4.30. The van der Waals surface area contributed by atoms with Gasteiger partial charge < -0.3 is 20.7 Å². The number of hydrogen-bond donors (Lipinski definition) is 3. The van der Waals surface area contributed by atoms with E-state index in [9.17, 15) is 9.59 Å². The summed E-state index contributed by atoms with van der Waals surface area (Å²) in [5, 5.41) is 8.83. The van der Waals surface area contributed by atoms with E-state index in [4.69, 9.17) is 4.74 Å². The monoisotopic (exact) mass is 397 g/mol. The molecule has 29 heavy (non-hydrogen) atoms. The van der Waals surface area contributed by atoms with E-state index in [1.807, 2.05) is 45.0 Å². The molecular weight excluding hydrogens is 366 g/mol. The highest BCUT2D eigenvalue weighted by molar-refractivity contribution is 5.96. The molecule has 0 aliphatic rings.